The van der Waals surface area contributed by atoms with Crippen LogP contribution in [0.2, 0.25) is 5.15 Å². The van der Waals surface area contributed by atoms with Crippen molar-refractivity contribution in [3.63, 3.8) is 0 Å². The van der Waals surface area contributed by atoms with Crippen LogP contribution < -0.4 is 4.74 Å². The van der Waals surface area contributed by atoms with Crippen LogP contribution >= 0.6 is 11.6 Å². The van der Waals surface area contributed by atoms with E-state index < -0.39 is 0 Å². The van der Waals surface area contributed by atoms with Gasteiger partial charge in [0.05, 0.1) is 6.61 Å². The highest BCUT2D eigenvalue weighted by molar-refractivity contribution is 6.32. The molecule has 0 atom stereocenters. The van der Waals surface area contributed by atoms with Gasteiger partial charge in [0.1, 0.15) is 17.2 Å². The number of hydrogen-bond acceptors (Lipinski definition) is 3. The molecule has 0 radical (unpaired) electrons. The quantitative estimate of drug-likeness (QED) is 0.776. The van der Waals surface area contributed by atoms with Gasteiger partial charge in [-0.05, 0) is 12.5 Å². The molecular formula is C13H13ClN2O. The predicted molar refractivity (Wildman–Crippen MR) is 68.3 cm³/mol. The molecule has 0 aliphatic rings. The topological polar surface area (TPSA) is 35.0 Å². The summed E-state index contributed by atoms with van der Waals surface area (Å²) < 4.78 is 5.68. The Kier molecular flexibility index (Phi) is 3.94. The van der Waals surface area contributed by atoms with Crippen LogP contribution in [0.15, 0.2) is 36.8 Å². The number of para-hydroxylation sites is 1. The van der Waals surface area contributed by atoms with Gasteiger partial charge in [-0.25, -0.2) is 9.97 Å². The fourth-order valence-corrected chi connectivity index (χ4v) is 1.72. The van der Waals surface area contributed by atoms with E-state index >= 15 is 0 Å². The van der Waals surface area contributed by atoms with Gasteiger partial charge in [-0.3, -0.25) is 0 Å². The maximum absolute atomic E-state index is 6.06. The molecule has 0 aliphatic heterocycles. The van der Waals surface area contributed by atoms with E-state index in [1.165, 1.54) is 6.33 Å². The zero-order chi connectivity index (χ0) is 12.1. The van der Waals surface area contributed by atoms with Gasteiger partial charge in [-0.1, -0.05) is 36.7 Å². The molecule has 0 saturated heterocycles. The van der Waals surface area contributed by atoms with E-state index in [0.29, 0.717) is 11.8 Å². The fourth-order valence-electron chi connectivity index (χ4n) is 1.52. The van der Waals surface area contributed by atoms with Crippen LogP contribution in [0.25, 0.3) is 11.1 Å². The lowest BCUT2D eigenvalue weighted by molar-refractivity contribution is 0.318. The van der Waals surface area contributed by atoms with Gasteiger partial charge in [0.25, 0.3) is 0 Å². The predicted octanol–water partition coefficient (Wildman–Crippen LogP) is 3.59. The van der Waals surface area contributed by atoms with Gasteiger partial charge < -0.3 is 4.74 Å². The minimum atomic E-state index is 0.438. The average Bonchev–Trinajstić information content (AvgIpc) is 2.37. The molecule has 1 heterocycles. The highest BCUT2D eigenvalue weighted by atomic mass is 35.5. The molecule has 0 amide bonds. The van der Waals surface area contributed by atoms with Crippen molar-refractivity contribution in [1.29, 1.82) is 0 Å². The third kappa shape index (κ3) is 2.74. The number of aromatic nitrogens is 2. The summed E-state index contributed by atoms with van der Waals surface area (Å²) in [6.45, 7) is 2.75. The molecule has 0 spiro atoms. The van der Waals surface area contributed by atoms with Gasteiger partial charge in [0, 0.05) is 17.3 Å². The molecule has 0 N–H and O–H groups in total. The Labute approximate surface area is 105 Å². The normalized spacial score (nSPS) is 10.2. The van der Waals surface area contributed by atoms with Crippen molar-refractivity contribution in [3.05, 3.63) is 41.9 Å². The van der Waals surface area contributed by atoms with Crippen LogP contribution in [-0.4, -0.2) is 16.6 Å². The van der Waals surface area contributed by atoms with Crippen LogP contribution in [0.1, 0.15) is 13.3 Å². The first kappa shape index (κ1) is 11.9. The van der Waals surface area contributed by atoms with Crippen molar-refractivity contribution in [2.75, 3.05) is 6.61 Å². The van der Waals surface area contributed by atoms with Crippen molar-refractivity contribution >= 4 is 11.6 Å². The minimum Gasteiger partial charge on any atom is -0.493 e. The van der Waals surface area contributed by atoms with Crippen LogP contribution in [0.3, 0.4) is 0 Å². The Balaban J connectivity index is 2.41. The molecule has 0 bridgehead atoms. The molecular weight excluding hydrogens is 236 g/mol. The zero-order valence-corrected chi connectivity index (χ0v) is 10.3. The number of ether oxygens (including phenoxy) is 1. The first-order valence-corrected chi connectivity index (χ1v) is 5.88. The molecule has 2 aromatic rings. The highest BCUT2D eigenvalue weighted by Crippen LogP contribution is 2.32. The first-order chi connectivity index (χ1) is 8.33. The van der Waals surface area contributed by atoms with Crippen LogP contribution in [0.5, 0.6) is 5.75 Å². The maximum Gasteiger partial charge on any atom is 0.140 e. The first-order valence-electron chi connectivity index (χ1n) is 5.50. The Bertz CT molecular complexity index is 502. The number of hydrogen-bond donors (Lipinski definition) is 0. The number of rotatable bonds is 4. The van der Waals surface area contributed by atoms with E-state index in [1.807, 2.05) is 24.3 Å². The minimum absolute atomic E-state index is 0.438. The molecule has 0 unspecified atom stereocenters. The highest BCUT2D eigenvalue weighted by Gasteiger charge is 2.09. The van der Waals surface area contributed by atoms with E-state index in [-0.39, 0.29) is 0 Å². The van der Waals surface area contributed by atoms with E-state index in [2.05, 4.69) is 16.9 Å². The van der Waals surface area contributed by atoms with E-state index in [4.69, 9.17) is 16.3 Å². The summed E-state index contributed by atoms with van der Waals surface area (Å²) in [5, 5.41) is 0.438. The van der Waals surface area contributed by atoms with Crippen molar-refractivity contribution in [3.8, 4) is 16.9 Å². The zero-order valence-electron chi connectivity index (χ0n) is 9.56. The average molecular weight is 249 g/mol. The molecule has 1 aromatic carbocycles. The van der Waals surface area contributed by atoms with E-state index in [1.54, 1.807) is 6.20 Å². The van der Waals surface area contributed by atoms with Crippen molar-refractivity contribution < 1.29 is 4.74 Å². The smallest absolute Gasteiger partial charge is 0.140 e. The summed E-state index contributed by atoms with van der Waals surface area (Å²) in [5.74, 6) is 0.811. The molecule has 0 fully saturated rings. The van der Waals surface area contributed by atoms with Gasteiger partial charge in [0.2, 0.25) is 0 Å². The molecule has 88 valence electrons. The molecule has 4 heteroatoms. The van der Waals surface area contributed by atoms with E-state index in [9.17, 15) is 0 Å². The van der Waals surface area contributed by atoms with Crippen LogP contribution in [0, 0.1) is 0 Å². The largest absolute Gasteiger partial charge is 0.493 e. The lowest BCUT2D eigenvalue weighted by atomic mass is 10.1. The Morgan fingerprint density at radius 3 is 2.82 bits per heavy atom. The van der Waals surface area contributed by atoms with Crippen molar-refractivity contribution in [2.24, 2.45) is 0 Å². The summed E-state index contributed by atoms with van der Waals surface area (Å²) in [6.07, 6.45) is 4.10. The second kappa shape index (κ2) is 5.64. The van der Waals surface area contributed by atoms with Gasteiger partial charge in [0.15, 0.2) is 0 Å². The number of halogens is 1. The van der Waals surface area contributed by atoms with Crippen LogP contribution in [0.4, 0.5) is 0 Å². The maximum atomic E-state index is 6.06. The van der Waals surface area contributed by atoms with Crippen LogP contribution in [-0.2, 0) is 0 Å². The Morgan fingerprint density at radius 2 is 2.06 bits per heavy atom. The second-order valence-corrected chi connectivity index (χ2v) is 3.93. The third-order valence-electron chi connectivity index (χ3n) is 2.30. The lowest BCUT2D eigenvalue weighted by Crippen LogP contribution is -1.97. The summed E-state index contributed by atoms with van der Waals surface area (Å²) in [4.78, 5) is 7.97. The number of nitrogens with zero attached hydrogens (tertiary/aromatic N) is 2. The van der Waals surface area contributed by atoms with E-state index in [0.717, 1.165) is 23.3 Å². The molecule has 17 heavy (non-hydrogen) atoms. The standard InChI is InChI=1S/C13H13ClN2O/c1-2-7-17-12-6-4-3-5-10(12)11-8-15-9-16-13(11)14/h3-6,8-9H,2,7H2,1H3. The van der Waals surface area contributed by atoms with Crippen molar-refractivity contribution in [1.82, 2.24) is 9.97 Å². The second-order valence-electron chi connectivity index (χ2n) is 3.57. The molecule has 2 rings (SSSR count). The molecule has 1 aromatic heterocycles. The monoisotopic (exact) mass is 248 g/mol. The fraction of sp³-hybridized carbons (Fsp3) is 0.231. The molecule has 3 nitrogen and oxygen atoms in total. The molecule has 0 aliphatic carbocycles. The van der Waals surface area contributed by atoms with Crippen molar-refractivity contribution in [2.45, 2.75) is 13.3 Å². The molecule has 0 saturated carbocycles. The Morgan fingerprint density at radius 1 is 1.24 bits per heavy atom. The summed E-state index contributed by atoms with van der Waals surface area (Å²) in [6, 6.07) is 7.76. The van der Waals surface area contributed by atoms with Gasteiger partial charge >= 0.3 is 0 Å². The number of benzene rings is 1. The van der Waals surface area contributed by atoms with Gasteiger partial charge in [-0.2, -0.15) is 0 Å². The summed E-state index contributed by atoms with van der Waals surface area (Å²) in [5.41, 5.74) is 1.72. The summed E-state index contributed by atoms with van der Waals surface area (Å²) >= 11 is 6.06. The lowest BCUT2D eigenvalue weighted by Gasteiger charge is -2.10. The summed E-state index contributed by atoms with van der Waals surface area (Å²) in [7, 11) is 0. The third-order valence-corrected chi connectivity index (χ3v) is 2.60. The Hall–Kier alpha value is -1.61. The van der Waals surface area contributed by atoms with Gasteiger partial charge in [-0.15, -0.1) is 0 Å². The SMILES string of the molecule is CCCOc1ccccc1-c1cncnc1Cl.